The predicted octanol–water partition coefficient (Wildman–Crippen LogP) is 2.12. The molecule has 1 aliphatic heterocycles. The third kappa shape index (κ3) is 3.29. The molecule has 2 amide bonds. The van der Waals surface area contributed by atoms with Gasteiger partial charge in [0.1, 0.15) is 0 Å². The number of amides is 2. The summed E-state index contributed by atoms with van der Waals surface area (Å²) in [6.45, 7) is 4.15. The fourth-order valence-electron chi connectivity index (χ4n) is 2.82. The third-order valence-corrected chi connectivity index (χ3v) is 3.92. The number of aryl methyl sites for hydroxylation is 2. The van der Waals surface area contributed by atoms with Gasteiger partial charge in [0, 0.05) is 38.1 Å². The number of nitrogens with one attached hydrogen (secondary N) is 1. The Morgan fingerprint density at radius 2 is 2.45 bits per heavy atom. The lowest BCUT2D eigenvalue weighted by atomic mass is 10.1. The van der Waals surface area contributed by atoms with E-state index in [1.54, 1.807) is 12.5 Å². The lowest BCUT2D eigenvalue weighted by Gasteiger charge is -2.23. The molecule has 0 aliphatic carbocycles. The Morgan fingerprint density at radius 1 is 1.55 bits per heavy atom. The van der Waals surface area contributed by atoms with E-state index < -0.39 is 0 Å². The summed E-state index contributed by atoms with van der Waals surface area (Å²) in [4.78, 5) is 18.2. The molecule has 22 heavy (non-hydrogen) atoms. The van der Waals surface area contributed by atoms with Gasteiger partial charge in [-0.1, -0.05) is 5.16 Å². The van der Waals surface area contributed by atoms with Crippen LogP contribution in [0.1, 0.15) is 36.8 Å². The molecule has 7 heteroatoms. The van der Waals surface area contributed by atoms with E-state index in [4.69, 9.17) is 4.52 Å². The molecule has 0 saturated carbocycles. The molecule has 3 heterocycles. The van der Waals surface area contributed by atoms with Crippen molar-refractivity contribution in [2.45, 2.75) is 38.8 Å². The van der Waals surface area contributed by atoms with Gasteiger partial charge in [-0.05, 0) is 26.2 Å². The lowest BCUT2D eigenvalue weighted by Crippen LogP contribution is -2.40. The van der Waals surface area contributed by atoms with Crippen LogP contribution in [-0.2, 0) is 6.54 Å². The smallest absolute Gasteiger partial charge is 0.318 e. The Balaban J connectivity index is 1.48. The molecule has 0 aromatic carbocycles. The van der Waals surface area contributed by atoms with Crippen molar-refractivity contribution in [1.82, 2.24) is 24.9 Å². The SMILES string of the molecule is Cc1cc([C@H]2CCCN2C(=O)NCCCn2ccnc2)on1. The number of hydrogen-bond donors (Lipinski definition) is 1. The zero-order valence-electron chi connectivity index (χ0n) is 12.7. The summed E-state index contributed by atoms with van der Waals surface area (Å²) in [6, 6.07) is 1.90. The van der Waals surface area contributed by atoms with Gasteiger partial charge in [-0.25, -0.2) is 9.78 Å². The molecule has 1 aliphatic rings. The van der Waals surface area contributed by atoms with E-state index in [-0.39, 0.29) is 12.1 Å². The van der Waals surface area contributed by atoms with E-state index in [1.165, 1.54) is 0 Å². The first-order valence-corrected chi connectivity index (χ1v) is 7.67. The molecule has 2 aromatic heterocycles. The van der Waals surface area contributed by atoms with Crippen LogP contribution in [0.5, 0.6) is 0 Å². The summed E-state index contributed by atoms with van der Waals surface area (Å²) in [5, 5.41) is 6.90. The molecule has 1 fully saturated rings. The minimum atomic E-state index is -0.0258. The Hall–Kier alpha value is -2.31. The average molecular weight is 303 g/mol. The summed E-state index contributed by atoms with van der Waals surface area (Å²) >= 11 is 0. The zero-order chi connectivity index (χ0) is 15.4. The summed E-state index contributed by atoms with van der Waals surface area (Å²) in [7, 11) is 0. The Morgan fingerprint density at radius 3 is 3.18 bits per heavy atom. The maximum atomic E-state index is 12.3. The van der Waals surface area contributed by atoms with Crippen LogP contribution in [0.2, 0.25) is 0 Å². The van der Waals surface area contributed by atoms with Gasteiger partial charge in [-0.2, -0.15) is 0 Å². The number of aromatic nitrogens is 3. The molecule has 0 bridgehead atoms. The van der Waals surface area contributed by atoms with Crippen molar-refractivity contribution >= 4 is 6.03 Å². The van der Waals surface area contributed by atoms with Gasteiger partial charge < -0.3 is 19.3 Å². The largest absolute Gasteiger partial charge is 0.359 e. The normalized spacial score (nSPS) is 17.9. The fourth-order valence-corrected chi connectivity index (χ4v) is 2.82. The number of imidazole rings is 1. The monoisotopic (exact) mass is 303 g/mol. The first kappa shape index (κ1) is 14.6. The molecule has 1 N–H and O–H groups in total. The number of urea groups is 1. The molecule has 0 radical (unpaired) electrons. The maximum Gasteiger partial charge on any atom is 0.318 e. The highest BCUT2D eigenvalue weighted by molar-refractivity contribution is 5.74. The first-order chi connectivity index (χ1) is 10.7. The van der Waals surface area contributed by atoms with Gasteiger partial charge in [-0.3, -0.25) is 0 Å². The van der Waals surface area contributed by atoms with Crippen LogP contribution in [-0.4, -0.2) is 38.7 Å². The maximum absolute atomic E-state index is 12.3. The van der Waals surface area contributed by atoms with Crippen LogP contribution in [0.25, 0.3) is 0 Å². The van der Waals surface area contributed by atoms with Crippen molar-refractivity contribution in [3.63, 3.8) is 0 Å². The Labute approximate surface area is 129 Å². The van der Waals surface area contributed by atoms with Crippen LogP contribution in [0, 0.1) is 6.92 Å². The van der Waals surface area contributed by atoms with Crippen molar-refractivity contribution < 1.29 is 9.32 Å². The van der Waals surface area contributed by atoms with Crippen LogP contribution >= 0.6 is 0 Å². The molecule has 1 saturated heterocycles. The van der Waals surface area contributed by atoms with Crippen molar-refractivity contribution in [3.8, 4) is 0 Å². The van der Waals surface area contributed by atoms with Crippen molar-refractivity contribution in [3.05, 3.63) is 36.2 Å². The van der Waals surface area contributed by atoms with E-state index in [2.05, 4.69) is 15.5 Å². The summed E-state index contributed by atoms with van der Waals surface area (Å²) in [6.07, 6.45) is 8.26. The third-order valence-electron chi connectivity index (χ3n) is 3.92. The predicted molar refractivity (Wildman–Crippen MR) is 80.2 cm³/mol. The summed E-state index contributed by atoms with van der Waals surface area (Å²) < 4.78 is 7.32. The molecular formula is C15H21N5O2. The minimum Gasteiger partial charge on any atom is -0.359 e. The highest BCUT2D eigenvalue weighted by Crippen LogP contribution is 2.32. The zero-order valence-corrected chi connectivity index (χ0v) is 12.7. The van der Waals surface area contributed by atoms with Crippen LogP contribution in [0.3, 0.4) is 0 Å². The van der Waals surface area contributed by atoms with E-state index in [1.807, 2.05) is 28.7 Å². The second-order valence-corrected chi connectivity index (χ2v) is 5.61. The molecule has 7 nitrogen and oxygen atoms in total. The van der Waals surface area contributed by atoms with Crippen LogP contribution < -0.4 is 5.32 Å². The number of nitrogens with zero attached hydrogens (tertiary/aromatic N) is 4. The quantitative estimate of drug-likeness (QED) is 0.858. The number of rotatable bonds is 5. The van der Waals surface area contributed by atoms with Gasteiger partial charge in [-0.15, -0.1) is 0 Å². The molecule has 0 spiro atoms. The first-order valence-electron chi connectivity index (χ1n) is 7.67. The van der Waals surface area contributed by atoms with Gasteiger partial charge in [0.05, 0.1) is 18.1 Å². The standard InChI is InChI=1S/C15H21N5O2/c1-12-10-14(22-18-12)13-4-2-8-20(13)15(21)17-5-3-7-19-9-6-16-11-19/h6,9-11,13H,2-5,7-8H2,1H3,(H,17,21)/t13-/m1/s1. The van der Waals surface area contributed by atoms with E-state index >= 15 is 0 Å². The molecule has 3 rings (SSSR count). The van der Waals surface area contributed by atoms with E-state index in [9.17, 15) is 4.79 Å². The topological polar surface area (TPSA) is 76.2 Å². The fraction of sp³-hybridized carbons (Fsp3) is 0.533. The van der Waals surface area contributed by atoms with Crippen molar-refractivity contribution in [1.29, 1.82) is 0 Å². The molecule has 118 valence electrons. The highest BCUT2D eigenvalue weighted by Gasteiger charge is 2.32. The Kier molecular flexibility index (Phi) is 4.41. The highest BCUT2D eigenvalue weighted by atomic mass is 16.5. The van der Waals surface area contributed by atoms with Crippen LogP contribution in [0.15, 0.2) is 29.3 Å². The number of hydrogen-bond acceptors (Lipinski definition) is 4. The van der Waals surface area contributed by atoms with E-state index in [0.717, 1.165) is 43.8 Å². The van der Waals surface area contributed by atoms with Crippen molar-refractivity contribution in [2.75, 3.05) is 13.1 Å². The Bertz CT molecular complexity index is 607. The molecular weight excluding hydrogens is 282 g/mol. The second kappa shape index (κ2) is 6.64. The molecule has 0 unspecified atom stereocenters. The lowest BCUT2D eigenvalue weighted by molar-refractivity contribution is 0.182. The van der Waals surface area contributed by atoms with E-state index in [0.29, 0.717) is 6.54 Å². The molecule has 2 aromatic rings. The number of carbonyl (C=O) groups excluding carboxylic acids is 1. The van der Waals surface area contributed by atoms with Gasteiger partial charge >= 0.3 is 6.03 Å². The van der Waals surface area contributed by atoms with Gasteiger partial charge in [0.25, 0.3) is 0 Å². The average Bonchev–Trinajstić information content (AvgIpc) is 3.23. The van der Waals surface area contributed by atoms with Crippen molar-refractivity contribution in [2.24, 2.45) is 0 Å². The van der Waals surface area contributed by atoms with Crippen LogP contribution in [0.4, 0.5) is 4.79 Å². The van der Waals surface area contributed by atoms with Gasteiger partial charge in [0.2, 0.25) is 0 Å². The number of likely N-dealkylation sites (tertiary alicyclic amines) is 1. The minimum absolute atomic E-state index is 0.00912. The second-order valence-electron chi connectivity index (χ2n) is 5.61. The van der Waals surface area contributed by atoms with Gasteiger partial charge in [0.15, 0.2) is 5.76 Å². The molecule has 1 atom stereocenters. The summed E-state index contributed by atoms with van der Waals surface area (Å²) in [5.41, 5.74) is 0.850. The summed E-state index contributed by atoms with van der Waals surface area (Å²) in [5.74, 6) is 0.781. The number of carbonyl (C=O) groups is 1.